The number of likely N-dealkylation sites (tertiary alicyclic amines) is 1. The molecule has 1 aromatic rings. The fraction of sp³-hybridized carbons (Fsp3) is 0.615. The van der Waals surface area contributed by atoms with Gasteiger partial charge in [-0.1, -0.05) is 0 Å². The highest BCUT2D eigenvalue weighted by Crippen LogP contribution is 2.21. The van der Waals surface area contributed by atoms with Gasteiger partial charge in [-0.3, -0.25) is 4.90 Å². The second-order valence-electron chi connectivity index (χ2n) is 5.05. The van der Waals surface area contributed by atoms with Crippen LogP contribution in [0.25, 0.3) is 0 Å². The van der Waals surface area contributed by atoms with Crippen LogP contribution in [0, 0.1) is 0 Å². The summed E-state index contributed by atoms with van der Waals surface area (Å²) in [7, 11) is 4.24. The number of nitrogens with zero attached hydrogens (tertiary/aromatic N) is 2. The van der Waals surface area contributed by atoms with E-state index in [4.69, 9.17) is 5.11 Å². The van der Waals surface area contributed by atoms with Gasteiger partial charge in [-0.05, 0) is 50.5 Å². The quantitative estimate of drug-likeness (QED) is 0.907. The predicted octanol–water partition coefficient (Wildman–Crippen LogP) is 1.97. The molecule has 5 heteroatoms. The second-order valence-corrected chi connectivity index (χ2v) is 5.97. The van der Waals surface area contributed by atoms with Gasteiger partial charge < -0.3 is 10.0 Å². The molecule has 0 radical (unpaired) electrons. The van der Waals surface area contributed by atoms with Crippen LogP contribution in [0.15, 0.2) is 11.4 Å². The molecule has 0 amide bonds. The first-order valence-corrected chi connectivity index (χ1v) is 7.14. The van der Waals surface area contributed by atoms with Gasteiger partial charge in [0.2, 0.25) is 0 Å². The Balaban J connectivity index is 2.00. The third-order valence-corrected chi connectivity index (χ3v) is 4.53. The SMILES string of the molecule is CN1CCCC(N(C)Cc2ccsc2C(=O)O)C1. The normalized spacial score (nSPS) is 21.4. The summed E-state index contributed by atoms with van der Waals surface area (Å²) >= 11 is 1.31. The standard InChI is InChI=1S/C13H20N2O2S/c1-14-6-3-4-11(9-14)15(2)8-10-5-7-18-12(10)13(16)17/h5,7,11H,3-4,6,8-9H2,1-2H3,(H,16,17). The van der Waals surface area contributed by atoms with Crippen molar-refractivity contribution in [3.63, 3.8) is 0 Å². The molecule has 4 nitrogen and oxygen atoms in total. The molecular weight excluding hydrogens is 248 g/mol. The van der Waals surface area contributed by atoms with Crippen molar-refractivity contribution >= 4 is 17.3 Å². The Morgan fingerprint density at radius 3 is 3.11 bits per heavy atom. The van der Waals surface area contributed by atoms with E-state index in [9.17, 15) is 4.79 Å². The Labute approximate surface area is 112 Å². The van der Waals surface area contributed by atoms with Gasteiger partial charge >= 0.3 is 5.97 Å². The summed E-state index contributed by atoms with van der Waals surface area (Å²) in [4.78, 5) is 16.2. The topological polar surface area (TPSA) is 43.8 Å². The molecule has 1 unspecified atom stereocenters. The Kier molecular flexibility index (Phi) is 4.37. The van der Waals surface area contributed by atoms with Gasteiger partial charge in [0.05, 0.1) is 0 Å². The molecule has 1 aliphatic heterocycles. The lowest BCUT2D eigenvalue weighted by Gasteiger charge is -2.35. The minimum atomic E-state index is -0.811. The number of carboxylic acid groups (broad SMARTS) is 1. The average molecular weight is 268 g/mol. The Morgan fingerprint density at radius 1 is 1.67 bits per heavy atom. The molecule has 18 heavy (non-hydrogen) atoms. The van der Waals surface area contributed by atoms with E-state index in [0.717, 1.165) is 18.7 Å². The van der Waals surface area contributed by atoms with Crippen LogP contribution in [0.5, 0.6) is 0 Å². The summed E-state index contributed by atoms with van der Waals surface area (Å²) in [5.74, 6) is -0.811. The molecule has 0 aliphatic carbocycles. The molecule has 2 heterocycles. The summed E-state index contributed by atoms with van der Waals surface area (Å²) in [5, 5.41) is 11.0. The fourth-order valence-corrected chi connectivity index (χ4v) is 3.30. The van der Waals surface area contributed by atoms with E-state index in [1.807, 2.05) is 11.4 Å². The third-order valence-electron chi connectivity index (χ3n) is 3.58. The Hall–Kier alpha value is -0.910. The lowest BCUT2D eigenvalue weighted by Crippen LogP contribution is -2.44. The lowest BCUT2D eigenvalue weighted by molar-refractivity contribution is 0.0698. The van der Waals surface area contributed by atoms with Crippen LogP contribution in [0.4, 0.5) is 0 Å². The van der Waals surface area contributed by atoms with Crippen LogP contribution in [-0.4, -0.2) is 54.1 Å². The van der Waals surface area contributed by atoms with Crippen molar-refractivity contribution < 1.29 is 9.90 Å². The third kappa shape index (κ3) is 3.10. The first kappa shape index (κ1) is 13.5. The van der Waals surface area contributed by atoms with Crippen LogP contribution in [0.2, 0.25) is 0 Å². The van der Waals surface area contributed by atoms with Gasteiger partial charge in [0, 0.05) is 19.1 Å². The van der Waals surface area contributed by atoms with Gasteiger partial charge in [0.15, 0.2) is 0 Å². The molecule has 100 valence electrons. The molecule has 0 spiro atoms. The number of piperidine rings is 1. The highest BCUT2D eigenvalue weighted by Gasteiger charge is 2.22. The summed E-state index contributed by atoms with van der Waals surface area (Å²) < 4.78 is 0. The van der Waals surface area contributed by atoms with Gasteiger partial charge in [-0.2, -0.15) is 0 Å². The van der Waals surface area contributed by atoms with E-state index in [1.165, 1.54) is 30.7 Å². The van der Waals surface area contributed by atoms with Gasteiger partial charge in [-0.15, -0.1) is 11.3 Å². The van der Waals surface area contributed by atoms with E-state index in [-0.39, 0.29) is 0 Å². The van der Waals surface area contributed by atoms with Crippen molar-refractivity contribution in [2.24, 2.45) is 0 Å². The number of thiophene rings is 1. The van der Waals surface area contributed by atoms with Crippen LogP contribution in [-0.2, 0) is 6.54 Å². The zero-order chi connectivity index (χ0) is 13.1. The first-order chi connectivity index (χ1) is 8.58. The Morgan fingerprint density at radius 2 is 2.44 bits per heavy atom. The van der Waals surface area contributed by atoms with E-state index in [0.29, 0.717) is 10.9 Å². The largest absolute Gasteiger partial charge is 0.477 e. The van der Waals surface area contributed by atoms with Gasteiger partial charge in [0.1, 0.15) is 4.88 Å². The maximum absolute atomic E-state index is 11.1. The zero-order valence-electron chi connectivity index (χ0n) is 10.9. The molecule has 1 saturated heterocycles. The van der Waals surface area contributed by atoms with Gasteiger partial charge in [-0.25, -0.2) is 4.79 Å². The maximum atomic E-state index is 11.1. The summed E-state index contributed by atoms with van der Waals surface area (Å²) in [6, 6.07) is 2.46. The maximum Gasteiger partial charge on any atom is 0.346 e. The molecule has 0 aromatic carbocycles. The van der Waals surface area contributed by atoms with Gasteiger partial charge in [0.25, 0.3) is 0 Å². The van der Waals surface area contributed by atoms with Crippen molar-refractivity contribution in [3.05, 3.63) is 21.9 Å². The molecular formula is C13H20N2O2S. The van der Waals surface area contributed by atoms with Crippen molar-refractivity contribution in [3.8, 4) is 0 Å². The molecule has 1 atom stereocenters. The monoisotopic (exact) mass is 268 g/mol. The Bertz CT molecular complexity index is 419. The summed E-state index contributed by atoms with van der Waals surface area (Å²) in [6.07, 6.45) is 2.42. The highest BCUT2D eigenvalue weighted by molar-refractivity contribution is 7.12. The number of hydrogen-bond acceptors (Lipinski definition) is 4. The highest BCUT2D eigenvalue weighted by atomic mass is 32.1. The summed E-state index contributed by atoms with van der Waals surface area (Å²) in [6.45, 7) is 2.97. The molecule has 1 aromatic heterocycles. The molecule has 1 fully saturated rings. The molecule has 1 N–H and O–H groups in total. The predicted molar refractivity (Wildman–Crippen MR) is 73.3 cm³/mol. The van der Waals surface area contributed by atoms with Crippen LogP contribution >= 0.6 is 11.3 Å². The number of hydrogen-bond donors (Lipinski definition) is 1. The molecule has 0 bridgehead atoms. The molecule has 0 saturated carbocycles. The average Bonchev–Trinajstić information content (AvgIpc) is 2.77. The van der Waals surface area contributed by atoms with E-state index in [1.54, 1.807) is 0 Å². The number of carbonyl (C=O) groups is 1. The van der Waals surface area contributed by atoms with Crippen LogP contribution in [0.3, 0.4) is 0 Å². The smallest absolute Gasteiger partial charge is 0.346 e. The van der Waals surface area contributed by atoms with Crippen molar-refractivity contribution in [2.45, 2.75) is 25.4 Å². The van der Waals surface area contributed by atoms with Crippen LogP contribution < -0.4 is 0 Å². The van der Waals surface area contributed by atoms with Crippen molar-refractivity contribution in [1.82, 2.24) is 9.80 Å². The van der Waals surface area contributed by atoms with Crippen molar-refractivity contribution in [2.75, 3.05) is 27.2 Å². The molecule has 1 aliphatic rings. The molecule has 2 rings (SSSR count). The second kappa shape index (κ2) is 5.82. The first-order valence-electron chi connectivity index (χ1n) is 6.26. The number of aromatic carboxylic acids is 1. The van der Waals surface area contributed by atoms with E-state index < -0.39 is 5.97 Å². The summed E-state index contributed by atoms with van der Waals surface area (Å²) in [5.41, 5.74) is 0.934. The van der Waals surface area contributed by atoms with Crippen LogP contribution in [0.1, 0.15) is 28.1 Å². The lowest BCUT2D eigenvalue weighted by atomic mass is 10.0. The number of likely N-dealkylation sites (N-methyl/N-ethyl adjacent to an activating group) is 2. The zero-order valence-corrected chi connectivity index (χ0v) is 11.7. The van der Waals surface area contributed by atoms with Crippen molar-refractivity contribution in [1.29, 1.82) is 0 Å². The van der Waals surface area contributed by atoms with E-state index >= 15 is 0 Å². The number of carboxylic acids is 1. The van der Waals surface area contributed by atoms with E-state index in [2.05, 4.69) is 23.9 Å². The minimum Gasteiger partial charge on any atom is -0.477 e. The fourth-order valence-electron chi connectivity index (χ4n) is 2.54. The number of rotatable bonds is 4. The minimum absolute atomic E-state index is 0.478.